The van der Waals surface area contributed by atoms with Crippen molar-refractivity contribution in [1.29, 1.82) is 10.5 Å². The van der Waals surface area contributed by atoms with E-state index in [1.54, 1.807) is 19.1 Å². The molecule has 194 valence electrons. The van der Waals surface area contributed by atoms with Gasteiger partial charge in [-0.15, -0.1) is 5.11 Å². The number of carbonyl (C=O) groups excluding carboxylic acids is 2. The number of ether oxygens (including phenoxy) is 1. The normalized spacial score (nSPS) is 11.6. The first-order valence-electron chi connectivity index (χ1n) is 10.4. The molecule has 0 heterocycles. The Hall–Kier alpha value is -4.46. The van der Waals surface area contributed by atoms with Crippen molar-refractivity contribution < 1.29 is 40.7 Å². The number of halogens is 6. The Morgan fingerprint density at radius 3 is 2.03 bits per heavy atom. The van der Waals surface area contributed by atoms with Crippen molar-refractivity contribution in [2.45, 2.75) is 38.5 Å². The minimum absolute atomic E-state index is 0.0646. The van der Waals surface area contributed by atoms with Gasteiger partial charge in [-0.25, -0.2) is 0 Å². The maximum Gasteiger partial charge on any atom is 0.416 e. The zero-order chi connectivity index (χ0) is 27.8. The summed E-state index contributed by atoms with van der Waals surface area (Å²) in [5.74, 6) is -1.90. The highest BCUT2D eigenvalue weighted by Gasteiger charge is 2.33. The summed E-state index contributed by atoms with van der Waals surface area (Å²) < 4.78 is 84.1. The van der Waals surface area contributed by atoms with E-state index in [2.05, 4.69) is 10.3 Å². The van der Waals surface area contributed by atoms with Gasteiger partial charge in [-0.05, 0) is 42.8 Å². The fourth-order valence-corrected chi connectivity index (χ4v) is 2.79. The van der Waals surface area contributed by atoms with E-state index in [0.29, 0.717) is 30.7 Å². The summed E-state index contributed by atoms with van der Waals surface area (Å²) in [5, 5.41) is 25.8. The van der Waals surface area contributed by atoms with Crippen LogP contribution >= 0.6 is 0 Å². The van der Waals surface area contributed by atoms with Gasteiger partial charge in [-0.2, -0.15) is 41.9 Å². The molecule has 0 saturated heterocycles. The Morgan fingerprint density at radius 1 is 0.919 bits per heavy atom. The number of benzene rings is 2. The second-order valence-electron chi connectivity index (χ2n) is 7.30. The van der Waals surface area contributed by atoms with Crippen LogP contribution in [0.3, 0.4) is 0 Å². The number of alkyl halides is 6. The molecular weight excluding hydrogens is 508 g/mol. The van der Waals surface area contributed by atoms with Gasteiger partial charge in [-0.1, -0.05) is 12.1 Å². The number of anilines is 1. The van der Waals surface area contributed by atoms with E-state index in [0.717, 1.165) is 12.1 Å². The SMILES string of the molecule is CCCOC(=O)CCC(=O)N(N=Nc1cc(C(F)(F)F)ccc1C#N)c1cc(C(F)(F)F)ccc1C#N. The second-order valence-corrected chi connectivity index (χ2v) is 7.30. The van der Waals surface area contributed by atoms with Crippen molar-refractivity contribution in [2.24, 2.45) is 10.3 Å². The van der Waals surface area contributed by atoms with Crippen LogP contribution in [0.1, 0.15) is 48.4 Å². The Bertz CT molecular complexity index is 1280. The molecule has 0 aliphatic heterocycles. The predicted octanol–water partition coefficient (Wildman–Crippen LogP) is 6.23. The maximum absolute atomic E-state index is 13.3. The minimum Gasteiger partial charge on any atom is -0.466 e. The van der Waals surface area contributed by atoms with Gasteiger partial charge in [0.1, 0.15) is 17.8 Å². The molecule has 37 heavy (non-hydrogen) atoms. The molecule has 0 unspecified atom stereocenters. The van der Waals surface area contributed by atoms with E-state index >= 15 is 0 Å². The van der Waals surface area contributed by atoms with E-state index in [1.807, 2.05) is 0 Å². The highest BCUT2D eigenvalue weighted by atomic mass is 19.4. The molecule has 0 saturated carbocycles. The van der Waals surface area contributed by atoms with Crippen LogP contribution in [0.4, 0.5) is 37.7 Å². The largest absolute Gasteiger partial charge is 0.466 e. The maximum atomic E-state index is 13.3. The predicted molar refractivity (Wildman–Crippen MR) is 115 cm³/mol. The smallest absolute Gasteiger partial charge is 0.416 e. The van der Waals surface area contributed by atoms with Crippen molar-refractivity contribution in [1.82, 2.24) is 0 Å². The molecule has 2 aromatic rings. The molecule has 2 rings (SSSR count). The van der Waals surface area contributed by atoms with E-state index in [1.165, 1.54) is 0 Å². The Morgan fingerprint density at radius 2 is 1.49 bits per heavy atom. The summed E-state index contributed by atoms with van der Waals surface area (Å²) in [6.45, 7) is 1.79. The summed E-state index contributed by atoms with van der Waals surface area (Å²) >= 11 is 0. The number of hydrogen-bond acceptors (Lipinski definition) is 7. The summed E-state index contributed by atoms with van der Waals surface area (Å²) in [5.41, 5.74) is -4.60. The Labute approximate surface area is 206 Å². The fraction of sp³-hybridized carbons (Fsp3) is 0.304. The highest BCUT2D eigenvalue weighted by Crippen LogP contribution is 2.36. The molecule has 0 fully saturated rings. The zero-order valence-corrected chi connectivity index (χ0v) is 19.0. The average molecular weight is 525 g/mol. The average Bonchev–Trinajstić information content (AvgIpc) is 2.84. The molecule has 0 bridgehead atoms. The molecule has 0 aromatic heterocycles. The van der Waals surface area contributed by atoms with Gasteiger partial charge in [0.25, 0.3) is 0 Å². The zero-order valence-electron chi connectivity index (χ0n) is 19.0. The summed E-state index contributed by atoms with van der Waals surface area (Å²) in [7, 11) is 0. The van der Waals surface area contributed by atoms with Crippen molar-refractivity contribution in [3.63, 3.8) is 0 Å². The van der Waals surface area contributed by atoms with Crippen LogP contribution in [0.15, 0.2) is 46.7 Å². The van der Waals surface area contributed by atoms with Gasteiger partial charge in [0.05, 0.1) is 41.0 Å². The molecule has 0 atom stereocenters. The van der Waals surface area contributed by atoms with Crippen LogP contribution in [-0.2, 0) is 26.7 Å². The molecule has 2 aromatic carbocycles. The third-order valence-electron chi connectivity index (χ3n) is 4.61. The number of nitriles is 2. The fourth-order valence-electron chi connectivity index (χ4n) is 2.79. The topological polar surface area (TPSA) is 119 Å². The van der Waals surface area contributed by atoms with Crippen LogP contribution in [0.2, 0.25) is 0 Å². The lowest BCUT2D eigenvalue weighted by atomic mass is 10.1. The van der Waals surface area contributed by atoms with Crippen molar-refractivity contribution >= 4 is 23.3 Å². The second kappa shape index (κ2) is 12.0. The van der Waals surface area contributed by atoms with E-state index in [-0.39, 0.29) is 17.2 Å². The first-order chi connectivity index (χ1) is 17.3. The summed E-state index contributed by atoms with van der Waals surface area (Å²) in [6.07, 6.45) is -10.3. The van der Waals surface area contributed by atoms with Gasteiger partial charge < -0.3 is 4.74 Å². The first-order valence-corrected chi connectivity index (χ1v) is 10.4. The van der Waals surface area contributed by atoms with Gasteiger partial charge in [-0.3, -0.25) is 9.59 Å². The Balaban J connectivity index is 2.59. The lowest BCUT2D eigenvalue weighted by molar-refractivity contribution is -0.144. The monoisotopic (exact) mass is 525 g/mol. The van der Waals surface area contributed by atoms with E-state index < -0.39 is 65.1 Å². The third-order valence-corrected chi connectivity index (χ3v) is 4.61. The van der Waals surface area contributed by atoms with Crippen LogP contribution in [0.25, 0.3) is 0 Å². The quantitative estimate of drug-likeness (QED) is 0.175. The molecule has 0 aliphatic carbocycles. The van der Waals surface area contributed by atoms with Crippen molar-refractivity contribution in [3.8, 4) is 12.1 Å². The highest BCUT2D eigenvalue weighted by molar-refractivity contribution is 5.95. The molecule has 0 aliphatic rings. The number of amides is 1. The molecule has 1 amide bonds. The number of carbonyl (C=O) groups is 2. The van der Waals surface area contributed by atoms with E-state index in [9.17, 15) is 46.5 Å². The molecular formula is C23H17F6N5O3. The van der Waals surface area contributed by atoms with Gasteiger partial charge >= 0.3 is 18.3 Å². The van der Waals surface area contributed by atoms with Crippen LogP contribution in [0, 0.1) is 22.7 Å². The molecule has 0 N–H and O–H groups in total. The van der Waals surface area contributed by atoms with Crippen molar-refractivity contribution in [3.05, 3.63) is 58.7 Å². The van der Waals surface area contributed by atoms with Crippen molar-refractivity contribution in [2.75, 3.05) is 11.6 Å². The molecule has 0 spiro atoms. The van der Waals surface area contributed by atoms with Gasteiger partial charge in [0, 0.05) is 6.42 Å². The summed E-state index contributed by atoms with van der Waals surface area (Å²) in [6, 6.07) is 6.86. The van der Waals surface area contributed by atoms with E-state index in [4.69, 9.17) is 4.74 Å². The number of hydrogen-bond donors (Lipinski definition) is 0. The lowest BCUT2D eigenvalue weighted by Crippen LogP contribution is -2.27. The van der Waals surface area contributed by atoms with Crippen LogP contribution in [-0.4, -0.2) is 18.5 Å². The number of rotatable bonds is 8. The van der Waals surface area contributed by atoms with Gasteiger partial charge in [0.2, 0.25) is 5.91 Å². The number of esters is 1. The number of nitrogens with zero attached hydrogens (tertiary/aromatic N) is 5. The van der Waals surface area contributed by atoms with Crippen LogP contribution < -0.4 is 5.01 Å². The van der Waals surface area contributed by atoms with Crippen LogP contribution in [0.5, 0.6) is 0 Å². The Kier molecular flexibility index (Phi) is 9.32. The van der Waals surface area contributed by atoms with Gasteiger partial charge in [0.15, 0.2) is 0 Å². The lowest BCUT2D eigenvalue weighted by Gasteiger charge is -2.19. The minimum atomic E-state index is -4.88. The first kappa shape index (κ1) is 28.8. The molecule has 14 heteroatoms. The molecule has 8 nitrogen and oxygen atoms in total. The molecule has 0 radical (unpaired) electrons. The summed E-state index contributed by atoms with van der Waals surface area (Å²) in [4.78, 5) is 24.7. The standard InChI is InChI=1S/C23H17F6N5O3/c1-2-9-37-21(36)8-7-20(35)34(19-11-17(23(27,28)29)6-4-15(19)13-31)33-32-18-10-16(22(24,25)26)5-3-14(18)12-30/h3-6,10-11H,2,7-9H2,1H3. The third kappa shape index (κ3) is 7.76.